The maximum absolute atomic E-state index is 11.1. The number of aromatic nitrogens is 4. The van der Waals surface area contributed by atoms with E-state index in [1.54, 1.807) is 16.1 Å². The molecule has 0 aliphatic carbocycles. The van der Waals surface area contributed by atoms with Gasteiger partial charge in [0, 0.05) is 17.3 Å². The van der Waals surface area contributed by atoms with Crippen molar-refractivity contribution < 1.29 is 0 Å². The number of hydrogen-bond donors (Lipinski definition) is 2. The molecule has 0 amide bonds. The van der Waals surface area contributed by atoms with E-state index < -0.39 is 0 Å². The van der Waals surface area contributed by atoms with Gasteiger partial charge in [-0.05, 0) is 12.1 Å². The zero-order valence-electron chi connectivity index (χ0n) is 8.75. The van der Waals surface area contributed by atoms with Crippen LogP contribution >= 0.6 is 11.3 Å². The largest absolute Gasteiger partial charge is 0.369 e. The molecule has 0 atom stereocenters. The normalized spacial score (nSPS) is 11.1. The topological polar surface area (TPSA) is 89.6 Å². The first-order valence-electron chi connectivity index (χ1n) is 4.97. The fraction of sp³-hybridized carbons (Fsp3) is 0.100. The second-order valence-electron chi connectivity index (χ2n) is 3.58. The summed E-state index contributed by atoms with van der Waals surface area (Å²) in [5, 5.41) is 1.77. The number of aromatic amines is 1. The molecule has 7 heteroatoms. The Morgan fingerprint density at radius 2 is 2.41 bits per heavy atom. The van der Waals surface area contributed by atoms with Gasteiger partial charge >= 0.3 is 4.87 Å². The number of H-pyrrole nitrogens is 1. The Hall–Kier alpha value is -2.15. The molecule has 3 aromatic heterocycles. The van der Waals surface area contributed by atoms with Crippen molar-refractivity contribution in [3.63, 3.8) is 0 Å². The molecule has 3 rings (SSSR count). The first kappa shape index (κ1) is 10.0. The molecule has 0 aliphatic heterocycles. The first-order valence-corrected chi connectivity index (χ1v) is 5.85. The van der Waals surface area contributed by atoms with Crippen LogP contribution in [0.1, 0.15) is 5.69 Å². The predicted octanol–water partition coefficient (Wildman–Crippen LogP) is 0.812. The number of nitrogens with zero attached hydrogens (tertiary/aromatic N) is 3. The maximum Gasteiger partial charge on any atom is 0.304 e. The van der Waals surface area contributed by atoms with Crippen molar-refractivity contribution in [3.05, 3.63) is 39.1 Å². The molecule has 0 radical (unpaired) electrons. The van der Waals surface area contributed by atoms with Crippen LogP contribution in [-0.4, -0.2) is 19.5 Å². The number of imidazole rings is 1. The lowest BCUT2D eigenvalue weighted by Gasteiger charge is -2.02. The highest BCUT2D eigenvalue weighted by molar-refractivity contribution is 7.07. The van der Waals surface area contributed by atoms with Crippen LogP contribution in [0.4, 0.5) is 5.95 Å². The third-order valence-corrected chi connectivity index (χ3v) is 3.15. The highest BCUT2D eigenvalue weighted by Crippen LogP contribution is 2.16. The molecule has 6 nitrogen and oxygen atoms in total. The molecule has 3 heterocycles. The number of nitrogen functional groups attached to an aromatic ring is 1. The zero-order chi connectivity index (χ0) is 11.8. The van der Waals surface area contributed by atoms with Crippen LogP contribution in [0.15, 0.2) is 28.5 Å². The third kappa shape index (κ3) is 1.70. The minimum absolute atomic E-state index is 0.0732. The van der Waals surface area contributed by atoms with E-state index in [0.29, 0.717) is 12.5 Å². The molecule has 86 valence electrons. The SMILES string of the molecule is Nc1nc2cccnc2n1Cc1csc(=O)[nH]1. The van der Waals surface area contributed by atoms with E-state index in [4.69, 9.17) is 5.73 Å². The Morgan fingerprint density at radius 3 is 3.18 bits per heavy atom. The number of pyridine rings is 1. The van der Waals surface area contributed by atoms with Crippen LogP contribution in [0, 0.1) is 0 Å². The van der Waals surface area contributed by atoms with Crippen molar-refractivity contribution in [1.29, 1.82) is 0 Å². The van der Waals surface area contributed by atoms with Gasteiger partial charge in [-0.1, -0.05) is 11.3 Å². The van der Waals surface area contributed by atoms with Gasteiger partial charge in [-0.3, -0.25) is 9.36 Å². The van der Waals surface area contributed by atoms with Crippen molar-refractivity contribution >= 4 is 28.4 Å². The molecule has 0 aliphatic rings. The van der Waals surface area contributed by atoms with E-state index in [0.717, 1.165) is 28.2 Å². The molecule has 0 saturated heterocycles. The summed E-state index contributed by atoms with van der Waals surface area (Å²) >= 11 is 1.13. The van der Waals surface area contributed by atoms with Crippen LogP contribution in [0.2, 0.25) is 0 Å². The van der Waals surface area contributed by atoms with Gasteiger partial charge in [-0.15, -0.1) is 0 Å². The van der Waals surface area contributed by atoms with E-state index in [9.17, 15) is 4.79 Å². The minimum Gasteiger partial charge on any atom is -0.369 e. The molecule has 17 heavy (non-hydrogen) atoms. The smallest absolute Gasteiger partial charge is 0.304 e. The van der Waals surface area contributed by atoms with Crippen molar-refractivity contribution in [2.45, 2.75) is 6.54 Å². The standard InChI is InChI=1S/C10H9N5OS/c11-9-14-7-2-1-3-12-8(7)15(9)4-6-5-17-10(16)13-6/h1-3,5H,4H2,(H2,11,14)(H,13,16). The zero-order valence-corrected chi connectivity index (χ0v) is 9.57. The summed E-state index contributed by atoms with van der Waals surface area (Å²) in [6, 6.07) is 3.66. The number of thiazole rings is 1. The lowest BCUT2D eigenvalue weighted by molar-refractivity contribution is 0.804. The van der Waals surface area contributed by atoms with Crippen molar-refractivity contribution in [1.82, 2.24) is 19.5 Å². The monoisotopic (exact) mass is 247 g/mol. The number of rotatable bonds is 2. The summed E-state index contributed by atoms with van der Waals surface area (Å²) in [6.07, 6.45) is 1.69. The number of anilines is 1. The van der Waals surface area contributed by atoms with Crippen molar-refractivity contribution in [2.75, 3.05) is 5.73 Å². The average molecular weight is 247 g/mol. The molecular formula is C10H9N5OS. The highest BCUT2D eigenvalue weighted by Gasteiger charge is 2.09. The van der Waals surface area contributed by atoms with E-state index in [2.05, 4.69) is 15.0 Å². The molecule has 0 aromatic carbocycles. The van der Waals surface area contributed by atoms with Crippen LogP contribution in [0.3, 0.4) is 0 Å². The predicted molar refractivity (Wildman–Crippen MR) is 66.0 cm³/mol. The average Bonchev–Trinajstić information content (AvgIpc) is 2.85. The third-order valence-electron chi connectivity index (χ3n) is 2.43. The summed E-state index contributed by atoms with van der Waals surface area (Å²) in [6.45, 7) is 0.470. The quantitative estimate of drug-likeness (QED) is 0.701. The molecular weight excluding hydrogens is 238 g/mol. The molecule has 0 saturated carbocycles. The first-order chi connectivity index (χ1) is 8.24. The van der Waals surface area contributed by atoms with Crippen molar-refractivity contribution in [3.8, 4) is 0 Å². The van der Waals surface area contributed by atoms with E-state index in [1.165, 1.54) is 0 Å². The highest BCUT2D eigenvalue weighted by atomic mass is 32.1. The van der Waals surface area contributed by atoms with Crippen LogP contribution in [0.5, 0.6) is 0 Å². The molecule has 0 spiro atoms. The molecule has 0 fully saturated rings. The number of hydrogen-bond acceptors (Lipinski definition) is 5. The maximum atomic E-state index is 11.1. The number of nitrogens with two attached hydrogens (primary N) is 1. The second-order valence-corrected chi connectivity index (χ2v) is 4.42. The van der Waals surface area contributed by atoms with Crippen molar-refractivity contribution in [2.24, 2.45) is 0 Å². The lowest BCUT2D eigenvalue weighted by atomic mass is 10.4. The summed E-state index contributed by atoms with van der Waals surface area (Å²) < 4.78 is 1.77. The van der Waals surface area contributed by atoms with E-state index >= 15 is 0 Å². The molecule has 0 bridgehead atoms. The van der Waals surface area contributed by atoms with Gasteiger partial charge in [0.05, 0.1) is 6.54 Å². The summed E-state index contributed by atoms with van der Waals surface area (Å²) in [7, 11) is 0. The molecule has 3 aromatic rings. The Bertz CT molecular complexity index is 725. The second kappa shape index (κ2) is 3.70. The molecule has 0 unspecified atom stereocenters. The summed E-state index contributed by atoms with van der Waals surface area (Å²) in [4.78, 5) is 22.2. The summed E-state index contributed by atoms with van der Waals surface area (Å²) in [5.74, 6) is 0.394. The van der Waals surface area contributed by atoms with Gasteiger partial charge in [0.1, 0.15) is 5.52 Å². The van der Waals surface area contributed by atoms with Crippen LogP contribution < -0.4 is 10.6 Å². The van der Waals surface area contributed by atoms with Crippen LogP contribution in [0.25, 0.3) is 11.2 Å². The van der Waals surface area contributed by atoms with Gasteiger partial charge in [-0.2, -0.15) is 0 Å². The fourth-order valence-electron chi connectivity index (χ4n) is 1.69. The Balaban J connectivity index is 2.10. The fourth-order valence-corrected chi connectivity index (χ4v) is 2.27. The number of fused-ring (bicyclic) bond motifs is 1. The van der Waals surface area contributed by atoms with Gasteiger partial charge in [0.25, 0.3) is 0 Å². The number of nitrogens with one attached hydrogen (secondary N) is 1. The van der Waals surface area contributed by atoms with Gasteiger partial charge in [0.2, 0.25) is 5.95 Å². The Morgan fingerprint density at radius 1 is 1.53 bits per heavy atom. The Labute approximate surface area is 99.8 Å². The van der Waals surface area contributed by atoms with E-state index in [-0.39, 0.29) is 4.87 Å². The lowest BCUT2D eigenvalue weighted by Crippen LogP contribution is -2.07. The van der Waals surface area contributed by atoms with Gasteiger partial charge in [0.15, 0.2) is 5.65 Å². The minimum atomic E-state index is -0.0732. The van der Waals surface area contributed by atoms with Gasteiger partial charge < -0.3 is 10.7 Å². The summed E-state index contributed by atoms with van der Waals surface area (Å²) in [5.41, 5.74) is 8.11. The molecule has 3 N–H and O–H groups in total. The van der Waals surface area contributed by atoms with E-state index in [1.807, 2.05) is 12.1 Å². The van der Waals surface area contributed by atoms with Crippen LogP contribution in [-0.2, 0) is 6.54 Å². The van der Waals surface area contributed by atoms with Gasteiger partial charge in [-0.25, -0.2) is 9.97 Å². The Kier molecular flexibility index (Phi) is 2.19.